The number of aryl methyl sites for hydroxylation is 2. The van der Waals surface area contributed by atoms with Gasteiger partial charge in [0.25, 0.3) is 6.43 Å². The topological polar surface area (TPSA) is 50.4 Å². The Hall–Kier alpha value is -2.63. The molecule has 2 amide bonds. The van der Waals surface area contributed by atoms with Gasteiger partial charge in [-0.15, -0.1) is 0 Å². The molecule has 0 heterocycles. The van der Waals surface area contributed by atoms with E-state index in [-0.39, 0.29) is 12.6 Å². The lowest BCUT2D eigenvalue weighted by Gasteiger charge is -2.11. The van der Waals surface area contributed by atoms with Crippen molar-refractivity contribution >= 4 is 6.03 Å². The van der Waals surface area contributed by atoms with E-state index in [9.17, 15) is 13.6 Å². The highest BCUT2D eigenvalue weighted by atomic mass is 19.3. The maximum Gasteiger partial charge on any atom is 0.315 e. The van der Waals surface area contributed by atoms with Gasteiger partial charge in [0, 0.05) is 13.1 Å². The molecule has 0 aliphatic carbocycles. The van der Waals surface area contributed by atoms with E-state index in [0.717, 1.165) is 16.7 Å². The van der Waals surface area contributed by atoms with Crippen LogP contribution in [0.3, 0.4) is 0 Å². The number of halogens is 2. The van der Waals surface area contributed by atoms with Gasteiger partial charge in [0.1, 0.15) is 12.4 Å². The van der Waals surface area contributed by atoms with E-state index < -0.39 is 13.0 Å². The van der Waals surface area contributed by atoms with Crippen molar-refractivity contribution in [1.29, 1.82) is 0 Å². The standard InChI is InChI=1S/C19H22F2N2O2/c1-13-6-7-16(14(2)8-13)11-23-19(24)22-10-15-4-3-5-17(9-15)25-12-18(20)21/h3-9,18H,10-12H2,1-2H3,(H2,22,23,24). The van der Waals surface area contributed by atoms with Crippen LogP contribution < -0.4 is 15.4 Å². The van der Waals surface area contributed by atoms with Gasteiger partial charge in [-0.25, -0.2) is 13.6 Å². The molecular formula is C19H22F2N2O2. The smallest absolute Gasteiger partial charge is 0.315 e. The van der Waals surface area contributed by atoms with E-state index in [4.69, 9.17) is 4.74 Å². The molecule has 0 spiro atoms. The normalized spacial score (nSPS) is 10.6. The third-order valence-electron chi connectivity index (χ3n) is 3.66. The Morgan fingerprint density at radius 1 is 1.08 bits per heavy atom. The Bertz CT molecular complexity index is 720. The summed E-state index contributed by atoms with van der Waals surface area (Å²) in [6, 6.07) is 12.5. The molecule has 0 saturated heterocycles. The average Bonchev–Trinajstić information content (AvgIpc) is 2.58. The molecule has 0 bridgehead atoms. The summed E-state index contributed by atoms with van der Waals surface area (Å²) in [5, 5.41) is 5.54. The number of alkyl halides is 2. The summed E-state index contributed by atoms with van der Waals surface area (Å²) in [6.45, 7) is 4.11. The highest BCUT2D eigenvalue weighted by molar-refractivity contribution is 5.73. The van der Waals surface area contributed by atoms with E-state index in [0.29, 0.717) is 12.3 Å². The molecular weight excluding hydrogens is 326 g/mol. The molecule has 0 aromatic heterocycles. The number of hydrogen-bond donors (Lipinski definition) is 2. The average molecular weight is 348 g/mol. The number of nitrogens with one attached hydrogen (secondary N) is 2. The molecule has 2 aromatic rings. The summed E-state index contributed by atoms with van der Waals surface area (Å²) in [5.41, 5.74) is 4.14. The first kappa shape index (κ1) is 18.7. The molecule has 0 atom stereocenters. The Balaban J connectivity index is 1.80. The molecule has 4 nitrogen and oxygen atoms in total. The summed E-state index contributed by atoms with van der Waals surface area (Å²) in [6.07, 6.45) is -2.52. The molecule has 0 radical (unpaired) electrons. The second kappa shape index (κ2) is 9.01. The van der Waals surface area contributed by atoms with Crippen LogP contribution in [0.1, 0.15) is 22.3 Å². The van der Waals surface area contributed by atoms with Crippen LogP contribution >= 0.6 is 0 Å². The SMILES string of the molecule is Cc1ccc(CNC(=O)NCc2cccc(OCC(F)F)c2)c(C)c1. The first-order chi connectivity index (χ1) is 11.9. The third kappa shape index (κ3) is 6.41. The highest BCUT2D eigenvalue weighted by Crippen LogP contribution is 2.14. The summed E-state index contributed by atoms with van der Waals surface area (Å²) >= 11 is 0. The Labute approximate surface area is 146 Å². The van der Waals surface area contributed by atoms with Gasteiger partial charge in [0.05, 0.1) is 0 Å². The van der Waals surface area contributed by atoms with Gasteiger partial charge < -0.3 is 15.4 Å². The summed E-state index contributed by atoms with van der Waals surface area (Å²) in [5.74, 6) is 0.357. The van der Waals surface area contributed by atoms with E-state index in [1.54, 1.807) is 24.3 Å². The van der Waals surface area contributed by atoms with Crippen LogP contribution in [0, 0.1) is 13.8 Å². The fourth-order valence-corrected chi connectivity index (χ4v) is 2.37. The number of carbonyl (C=O) groups is 1. The van der Waals surface area contributed by atoms with Gasteiger partial charge in [-0.05, 0) is 42.7 Å². The van der Waals surface area contributed by atoms with Gasteiger partial charge in [-0.2, -0.15) is 0 Å². The monoisotopic (exact) mass is 348 g/mol. The van der Waals surface area contributed by atoms with Crippen LogP contribution in [-0.4, -0.2) is 19.1 Å². The maximum atomic E-state index is 12.2. The number of rotatable bonds is 7. The van der Waals surface area contributed by atoms with E-state index in [1.807, 2.05) is 26.0 Å². The zero-order valence-electron chi connectivity index (χ0n) is 14.3. The minimum absolute atomic E-state index is 0.282. The number of ether oxygens (including phenoxy) is 1. The van der Waals surface area contributed by atoms with Gasteiger partial charge in [-0.1, -0.05) is 35.9 Å². The molecule has 0 fully saturated rings. The number of amides is 2. The van der Waals surface area contributed by atoms with Crippen LogP contribution in [0.2, 0.25) is 0 Å². The zero-order valence-corrected chi connectivity index (χ0v) is 14.3. The van der Waals surface area contributed by atoms with Crippen molar-refractivity contribution in [2.24, 2.45) is 0 Å². The summed E-state index contributed by atoms with van der Waals surface area (Å²) in [7, 11) is 0. The number of carbonyl (C=O) groups excluding carboxylic acids is 1. The summed E-state index contributed by atoms with van der Waals surface area (Å²) in [4.78, 5) is 11.9. The minimum Gasteiger partial charge on any atom is -0.488 e. The third-order valence-corrected chi connectivity index (χ3v) is 3.66. The largest absolute Gasteiger partial charge is 0.488 e. The second-order valence-corrected chi connectivity index (χ2v) is 5.82. The molecule has 0 aliphatic heterocycles. The fraction of sp³-hybridized carbons (Fsp3) is 0.316. The molecule has 25 heavy (non-hydrogen) atoms. The lowest BCUT2D eigenvalue weighted by molar-refractivity contribution is 0.0818. The maximum absolute atomic E-state index is 12.2. The van der Waals surface area contributed by atoms with Gasteiger partial charge >= 0.3 is 6.03 Å². The fourth-order valence-electron chi connectivity index (χ4n) is 2.37. The van der Waals surface area contributed by atoms with E-state index in [1.165, 1.54) is 5.56 Å². The molecule has 134 valence electrons. The highest BCUT2D eigenvalue weighted by Gasteiger charge is 2.06. The van der Waals surface area contributed by atoms with Crippen molar-refractivity contribution in [2.75, 3.05) is 6.61 Å². The molecule has 2 N–H and O–H groups in total. The Kier molecular flexibility index (Phi) is 6.74. The Morgan fingerprint density at radius 3 is 2.56 bits per heavy atom. The first-order valence-corrected chi connectivity index (χ1v) is 8.02. The molecule has 0 saturated carbocycles. The molecule has 2 rings (SSSR count). The van der Waals surface area contributed by atoms with Crippen LogP contribution in [0.4, 0.5) is 13.6 Å². The Morgan fingerprint density at radius 2 is 1.84 bits per heavy atom. The van der Waals surface area contributed by atoms with Gasteiger partial charge in [0.2, 0.25) is 0 Å². The van der Waals surface area contributed by atoms with Crippen LogP contribution in [-0.2, 0) is 13.1 Å². The van der Waals surface area contributed by atoms with Crippen LogP contribution in [0.5, 0.6) is 5.75 Å². The quantitative estimate of drug-likeness (QED) is 0.796. The lowest BCUT2D eigenvalue weighted by atomic mass is 10.1. The van der Waals surface area contributed by atoms with Crippen molar-refractivity contribution in [3.63, 3.8) is 0 Å². The molecule has 6 heteroatoms. The van der Waals surface area contributed by atoms with E-state index in [2.05, 4.69) is 16.7 Å². The van der Waals surface area contributed by atoms with Crippen molar-refractivity contribution in [3.05, 3.63) is 64.7 Å². The minimum atomic E-state index is -2.52. The van der Waals surface area contributed by atoms with Crippen LogP contribution in [0.25, 0.3) is 0 Å². The second-order valence-electron chi connectivity index (χ2n) is 5.82. The van der Waals surface area contributed by atoms with Crippen molar-refractivity contribution in [1.82, 2.24) is 10.6 Å². The van der Waals surface area contributed by atoms with Gasteiger partial charge in [-0.3, -0.25) is 0 Å². The predicted molar refractivity (Wildman–Crippen MR) is 92.9 cm³/mol. The lowest BCUT2D eigenvalue weighted by Crippen LogP contribution is -2.34. The van der Waals surface area contributed by atoms with Crippen molar-refractivity contribution < 1.29 is 18.3 Å². The number of urea groups is 1. The van der Waals surface area contributed by atoms with E-state index >= 15 is 0 Å². The zero-order chi connectivity index (χ0) is 18.2. The molecule has 0 unspecified atom stereocenters. The number of hydrogen-bond acceptors (Lipinski definition) is 2. The first-order valence-electron chi connectivity index (χ1n) is 8.02. The summed E-state index contributed by atoms with van der Waals surface area (Å²) < 4.78 is 29.3. The van der Waals surface area contributed by atoms with Crippen molar-refractivity contribution in [3.8, 4) is 5.75 Å². The van der Waals surface area contributed by atoms with Crippen LogP contribution in [0.15, 0.2) is 42.5 Å². The van der Waals surface area contributed by atoms with Crippen molar-refractivity contribution in [2.45, 2.75) is 33.4 Å². The predicted octanol–water partition coefficient (Wildman–Crippen LogP) is 3.95. The van der Waals surface area contributed by atoms with Gasteiger partial charge in [0.15, 0.2) is 0 Å². The molecule has 0 aliphatic rings. The molecule has 2 aromatic carbocycles. The number of benzene rings is 2.